The van der Waals surface area contributed by atoms with Crippen molar-refractivity contribution in [1.82, 2.24) is 0 Å². The third kappa shape index (κ3) is 18.6. The van der Waals surface area contributed by atoms with Gasteiger partial charge >= 0.3 is 37.7 Å². The Kier molecular flexibility index (Phi) is 22.6. The Balaban J connectivity index is 0.000000360. The van der Waals surface area contributed by atoms with Crippen LogP contribution in [-0.2, 0) is 33.1 Å². The Bertz CT molecular complexity index is 1680. The quantitative estimate of drug-likeness (QED) is 0.0436. The number of ether oxygens (including phenoxy) is 2. The summed E-state index contributed by atoms with van der Waals surface area (Å²) in [4.78, 5) is -0.681. The van der Waals surface area contributed by atoms with Crippen LogP contribution >= 0.6 is 0 Å². The van der Waals surface area contributed by atoms with Gasteiger partial charge in [0.15, 0.2) is 0 Å². The van der Waals surface area contributed by atoms with Gasteiger partial charge in [0.2, 0.25) is 0 Å². The summed E-state index contributed by atoms with van der Waals surface area (Å²) in [5.41, 5.74) is 2.46. The van der Waals surface area contributed by atoms with Gasteiger partial charge in [-0.3, -0.25) is 0 Å². The molecule has 0 atom stereocenters. The summed E-state index contributed by atoms with van der Waals surface area (Å²) in [6.07, 6.45) is 20.0. The Hall–Kier alpha value is -2.44. The molecule has 8 nitrogen and oxygen atoms in total. The van der Waals surface area contributed by atoms with Crippen LogP contribution in [0, 0.1) is 0 Å². The maximum absolute atomic E-state index is 11.3. The second-order valence-electron chi connectivity index (χ2n) is 13.0. The summed E-state index contributed by atoms with van der Waals surface area (Å²) in [6, 6.07) is 26.9. The molecule has 53 heavy (non-hydrogen) atoms. The number of para-hydroxylation sites is 2. The molecule has 0 saturated heterocycles. The van der Waals surface area contributed by atoms with Crippen molar-refractivity contribution in [2.75, 3.05) is 0 Å². The molecular weight excluding hydrogens is 737 g/mol. The van der Waals surface area contributed by atoms with E-state index in [0.29, 0.717) is 11.5 Å². The SMILES string of the molecule is CCCCCCCCCc1ccc(Oc2ccccc2S(=O)(=O)[O-])cc1.CCCCCCCCCc1ccc(Oc2ccccc2S(=O)(=O)[O-])cc1.[Ca+2]. The van der Waals surface area contributed by atoms with E-state index in [2.05, 4.69) is 13.8 Å². The van der Waals surface area contributed by atoms with E-state index in [1.54, 1.807) is 12.1 Å². The molecule has 0 N–H and O–H groups in total. The van der Waals surface area contributed by atoms with Crippen molar-refractivity contribution in [3.63, 3.8) is 0 Å². The summed E-state index contributed by atoms with van der Waals surface area (Å²) in [6.45, 7) is 4.46. The van der Waals surface area contributed by atoms with Crippen molar-refractivity contribution in [2.45, 2.75) is 126 Å². The first kappa shape index (κ1) is 46.7. The molecule has 0 saturated carbocycles. The maximum Gasteiger partial charge on any atom is 2.00 e. The fourth-order valence-corrected chi connectivity index (χ4v) is 6.96. The predicted octanol–water partition coefficient (Wildman–Crippen LogP) is 11.0. The molecule has 0 aliphatic heterocycles. The van der Waals surface area contributed by atoms with Gasteiger partial charge in [-0.15, -0.1) is 0 Å². The molecule has 0 unspecified atom stereocenters. The molecule has 284 valence electrons. The number of benzene rings is 4. The summed E-state index contributed by atoms with van der Waals surface area (Å²) in [5, 5.41) is 0. The molecule has 0 aromatic heterocycles. The first-order valence-electron chi connectivity index (χ1n) is 18.6. The zero-order chi connectivity index (χ0) is 37.7. The van der Waals surface area contributed by atoms with E-state index < -0.39 is 20.2 Å². The molecular formula is C42H54CaO8S2. The molecule has 11 heteroatoms. The summed E-state index contributed by atoms with van der Waals surface area (Å²) < 4.78 is 78.9. The summed E-state index contributed by atoms with van der Waals surface area (Å²) >= 11 is 0. The molecule has 4 aromatic carbocycles. The molecule has 0 amide bonds. The molecule has 4 rings (SSSR count). The van der Waals surface area contributed by atoms with E-state index in [1.165, 1.54) is 137 Å². The summed E-state index contributed by atoms with van der Waals surface area (Å²) in [7, 11) is -9.12. The normalized spacial score (nSPS) is 11.2. The number of aryl methyl sites for hydroxylation is 2. The summed E-state index contributed by atoms with van der Waals surface area (Å²) in [5.74, 6) is 1.15. The Morgan fingerprint density at radius 1 is 0.434 bits per heavy atom. The van der Waals surface area contributed by atoms with Crippen molar-refractivity contribution in [3.05, 3.63) is 108 Å². The standard InChI is InChI=1S/2C21H28O4S.Ca/c2*1-2-3-4-5-6-7-8-11-18-14-16-19(17-15-18)25-20-12-9-10-13-21(20)26(22,23)24;/h2*9-10,12-17H,2-8,11H2,1H3,(H,22,23,24);/q;;+2/p-2. The zero-order valence-electron chi connectivity index (χ0n) is 31.3. The number of unbranched alkanes of at least 4 members (excludes halogenated alkanes) is 12. The molecule has 0 aliphatic carbocycles. The van der Waals surface area contributed by atoms with Crippen molar-refractivity contribution in [3.8, 4) is 23.0 Å². The maximum atomic E-state index is 11.3. The molecule has 0 aliphatic rings. The number of rotatable bonds is 22. The minimum Gasteiger partial charge on any atom is -0.744 e. The Labute approximate surface area is 348 Å². The second-order valence-corrected chi connectivity index (χ2v) is 15.7. The van der Waals surface area contributed by atoms with Gasteiger partial charge in [0, 0.05) is 0 Å². The topological polar surface area (TPSA) is 133 Å². The van der Waals surface area contributed by atoms with Crippen LogP contribution in [0.2, 0.25) is 0 Å². The van der Waals surface area contributed by atoms with Crippen molar-refractivity contribution >= 4 is 58.0 Å². The van der Waals surface area contributed by atoms with Crippen LogP contribution in [0.1, 0.15) is 115 Å². The monoisotopic (exact) mass is 790 g/mol. The van der Waals surface area contributed by atoms with E-state index in [4.69, 9.17) is 9.47 Å². The predicted molar refractivity (Wildman–Crippen MR) is 211 cm³/mol. The van der Waals surface area contributed by atoms with Gasteiger partial charge in [0.05, 0.1) is 9.79 Å². The average molecular weight is 791 g/mol. The van der Waals surface area contributed by atoms with E-state index in [-0.39, 0.29) is 59.0 Å². The molecule has 4 aromatic rings. The third-order valence-corrected chi connectivity index (χ3v) is 10.4. The second kappa shape index (κ2) is 25.6. The van der Waals surface area contributed by atoms with Crippen molar-refractivity contribution in [1.29, 1.82) is 0 Å². The first-order chi connectivity index (χ1) is 25.0. The van der Waals surface area contributed by atoms with E-state index in [1.807, 2.05) is 48.5 Å². The first-order valence-corrected chi connectivity index (χ1v) is 21.5. The van der Waals surface area contributed by atoms with Crippen molar-refractivity contribution in [2.24, 2.45) is 0 Å². The largest absolute Gasteiger partial charge is 2.00 e. The third-order valence-electron chi connectivity index (χ3n) is 8.68. The average Bonchev–Trinajstić information content (AvgIpc) is 3.12. The Morgan fingerprint density at radius 3 is 1.06 bits per heavy atom. The van der Waals surface area contributed by atoms with E-state index in [0.717, 1.165) is 12.8 Å². The van der Waals surface area contributed by atoms with Gasteiger partial charge in [-0.2, -0.15) is 0 Å². The molecule has 0 bridgehead atoms. The fraction of sp³-hybridized carbons (Fsp3) is 0.429. The molecule has 0 radical (unpaired) electrons. The number of hydrogen-bond donors (Lipinski definition) is 0. The van der Waals surface area contributed by atoms with E-state index in [9.17, 15) is 25.9 Å². The van der Waals surface area contributed by atoms with Crippen LogP contribution < -0.4 is 9.47 Å². The van der Waals surface area contributed by atoms with Crippen LogP contribution in [0.15, 0.2) is 107 Å². The zero-order valence-corrected chi connectivity index (χ0v) is 35.2. The minimum atomic E-state index is -4.56. The van der Waals surface area contributed by atoms with Gasteiger partial charge in [-0.1, -0.05) is 139 Å². The van der Waals surface area contributed by atoms with E-state index >= 15 is 0 Å². The van der Waals surface area contributed by atoms with Gasteiger partial charge in [0.1, 0.15) is 43.2 Å². The minimum absolute atomic E-state index is 0. The van der Waals surface area contributed by atoms with Gasteiger partial charge in [-0.25, -0.2) is 16.8 Å². The van der Waals surface area contributed by atoms with Crippen molar-refractivity contribution < 1.29 is 35.4 Å². The van der Waals surface area contributed by atoms with Crippen LogP contribution in [0.3, 0.4) is 0 Å². The number of hydrogen-bond acceptors (Lipinski definition) is 8. The fourth-order valence-electron chi connectivity index (χ4n) is 5.76. The molecule has 0 heterocycles. The Morgan fingerprint density at radius 2 is 0.736 bits per heavy atom. The van der Waals surface area contributed by atoms with Crippen LogP contribution in [0.25, 0.3) is 0 Å². The van der Waals surface area contributed by atoms with Gasteiger partial charge in [-0.05, 0) is 85.3 Å². The smallest absolute Gasteiger partial charge is 0.744 e. The van der Waals surface area contributed by atoms with Gasteiger partial charge < -0.3 is 18.6 Å². The molecule has 0 spiro atoms. The molecule has 0 fully saturated rings. The van der Waals surface area contributed by atoms with Gasteiger partial charge in [0.25, 0.3) is 0 Å². The van der Waals surface area contributed by atoms with Crippen LogP contribution in [0.5, 0.6) is 23.0 Å². The van der Waals surface area contributed by atoms with Crippen LogP contribution in [-0.4, -0.2) is 63.7 Å². The van der Waals surface area contributed by atoms with Crippen LogP contribution in [0.4, 0.5) is 0 Å².